The summed E-state index contributed by atoms with van der Waals surface area (Å²) < 4.78 is 5.19. The smallest absolute Gasteiger partial charge is 0.261 e. The first-order valence-corrected chi connectivity index (χ1v) is 7.99. The lowest BCUT2D eigenvalue weighted by Crippen LogP contribution is -2.29. The lowest BCUT2D eigenvalue weighted by Gasteiger charge is -2.11. The van der Waals surface area contributed by atoms with Gasteiger partial charge < -0.3 is 10.1 Å². The Morgan fingerprint density at radius 2 is 1.84 bits per heavy atom. The van der Waals surface area contributed by atoms with E-state index in [9.17, 15) is 14.4 Å². The minimum absolute atomic E-state index is 0.234. The monoisotopic (exact) mass is 358 g/mol. The highest BCUT2D eigenvalue weighted by Crippen LogP contribution is 2.29. The number of ether oxygens (including phenoxy) is 1. The minimum Gasteiger partial charge on any atom is -0.495 e. The van der Waals surface area contributed by atoms with Gasteiger partial charge in [0.25, 0.3) is 17.7 Å². The van der Waals surface area contributed by atoms with Crippen LogP contribution < -0.4 is 10.1 Å². The first-order valence-electron chi connectivity index (χ1n) is 7.61. The highest BCUT2D eigenvalue weighted by Gasteiger charge is 2.34. The zero-order chi connectivity index (χ0) is 18.1. The fraction of sp³-hybridized carbons (Fsp3) is 0.167. The number of rotatable bonds is 4. The summed E-state index contributed by atoms with van der Waals surface area (Å²) in [7, 11) is 1.48. The Kier molecular flexibility index (Phi) is 4.46. The summed E-state index contributed by atoms with van der Waals surface area (Å²) in [5.41, 5.74) is 1.22. The first-order chi connectivity index (χ1) is 12.0. The maximum atomic E-state index is 12.5. The molecule has 128 valence electrons. The molecule has 0 saturated carbocycles. The minimum atomic E-state index is -0.432. The largest absolute Gasteiger partial charge is 0.495 e. The summed E-state index contributed by atoms with van der Waals surface area (Å²) in [6, 6.07) is 9.29. The van der Waals surface area contributed by atoms with Crippen LogP contribution in [-0.4, -0.2) is 36.3 Å². The molecule has 2 aromatic carbocycles. The molecule has 3 rings (SSSR count). The van der Waals surface area contributed by atoms with E-state index in [4.69, 9.17) is 16.3 Å². The van der Waals surface area contributed by atoms with Crippen LogP contribution in [0.5, 0.6) is 5.75 Å². The number of imide groups is 1. The fourth-order valence-electron chi connectivity index (χ4n) is 2.69. The van der Waals surface area contributed by atoms with Crippen molar-refractivity contribution in [3.8, 4) is 5.75 Å². The van der Waals surface area contributed by atoms with Gasteiger partial charge in [0.2, 0.25) is 0 Å². The summed E-state index contributed by atoms with van der Waals surface area (Å²) in [5, 5.41) is 3.15. The molecule has 0 radical (unpaired) electrons. The molecule has 0 spiro atoms. The van der Waals surface area contributed by atoms with Crippen molar-refractivity contribution in [3.05, 3.63) is 58.1 Å². The number of carbonyl (C=O) groups excluding carboxylic acids is 3. The van der Waals surface area contributed by atoms with Crippen LogP contribution in [0.15, 0.2) is 36.4 Å². The lowest BCUT2D eigenvalue weighted by molar-refractivity contribution is 0.0662. The van der Waals surface area contributed by atoms with E-state index < -0.39 is 11.8 Å². The summed E-state index contributed by atoms with van der Waals surface area (Å²) >= 11 is 5.95. The van der Waals surface area contributed by atoms with Gasteiger partial charge in [-0.05, 0) is 43.3 Å². The van der Waals surface area contributed by atoms with Gasteiger partial charge in [-0.3, -0.25) is 19.3 Å². The van der Waals surface area contributed by atoms with Crippen LogP contribution in [0, 0.1) is 0 Å². The normalized spacial score (nSPS) is 13.0. The molecule has 0 fully saturated rings. The first kappa shape index (κ1) is 17.0. The third-order valence-electron chi connectivity index (χ3n) is 3.96. The predicted octanol–water partition coefficient (Wildman–Crippen LogP) is 3.22. The van der Waals surface area contributed by atoms with E-state index in [1.54, 1.807) is 25.1 Å². The van der Waals surface area contributed by atoms with E-state index in [-0.39, 0.29) is 23.6 Å². The second-order valence-electron chi connectivity index (χ2n) is 5.41. The van der Waals surface area contributed by atoms with Crippen LogP contribution in [0.2, 0.25) is 5.02 Å². The molecule has 1 heterocycles. The Bertz CT molecular complexity index is 895. The number of nitrogens with one attached hydrogen (secondary N) is 1. The third-order valence-corrected chi connectivity index (χ3v) is 4.19. The van der Waals surface area contributed by atoms with Gasteiger partial charge in [-0.25, -0.2) is 0 Å². The number of nitrogens with zero attached hydrogens (tertiary/aromatic N) is 1. The van der Waals surface area contributed by atoms with Crippen molar-refractivity contribution < 1.29 is 19.1 Å². The van der Waals surface area contributed by atoms with Gasteiger partial charge in [0, 0.05) is 17.1 Å². The van der Waals surface area contributed by atoms with Crippen molar-refractivity contribution in [2.45, 2.75) is 6.92 Å². The molecule has 2 aromatic rings. The van der Waals surface area contributed by atoms with Crippen molar-refractivity contribution in [1.82, 2.24) is 4.90 Å². The van der Waals surface area contributed by atoms with Crippen LogP contribution in [0.25, 0.3) is 0 Å². The van der Waals surface area contributed by atoms with Crippen LogP contribution >= 0.6 is 11.6 Å². The Morgan fingerprint density at radius 3 is 2.52 bits per heavy atom. The van der Waals surface area contributed by atoms with Gasteiger partial charge >= 0.3 is 0 Å². The molecule has 1 aliphatic heterocycles. The number of amides is 3. The Hall–Kier alpha value is -2.86. The SMILES string of the molecule is CCN1C(=O)c2ccc(C(=O)Nc3cc(Cl)ccc3OC)cc2C1=O. The van der Waals surface area contributed by atoms with Crippen LogP contribution in [-0.2, 0) is 0 Å². The number of hydrogen-bond acceptors (Lipinski definition) is 4. The van der Waals surface area contributed by atoms with Gasteiger partial charge in [0.05, 0.1) is 23.9 Å². The summed E-state index contributed by atoms with van der Waals surface area (Å²) in [6.45, 7) is 2.01. The zero-order valence-corrected chi connectivity index (χ0v) is 14.4. The van der Waals surface area contributed by atoms with E-state index in [0.717, 1.165) is 4.90 Å². The summed E-state index contributed by atoms with van der Waals surface area (Å²) in [6.07, 6.45) is 0. The number of anilines is 1. The fourth-order valence-corrected chi connectivity index (χ4v) is 2.86. The number of methoxy groups -OCH3 is 1. The molecule has 0 aliphatic carbocycles. The highest BCUT2D eigenvalue weighted by atomic mass is 35.5. The summed E-state index contributed by atoms with van der Waals surface area (Å²) in [4.78, 5) is 38.0. The molecule has 0 unspecified atom stereocenters. The Labute approximate surface area is 149 Å². The average molecular weight is 359 g/mol. The summed E-state index contributed by atoms with van der Waals surface area (Å²) in [5.74, 6) is -0.704. The van der Waals surface area contributed by atoms with Gasteiger partial charge in [0.15, 0.2) is 0 Å². The van der Waals surface area contributed by atoms with E-state index in [0.29, 0.717) is 22.0 Å². The molecule has 0 saturated heterocycles. The number of halogens is 1. The highest BCUT2D eigenvalue weighted by molar-refractivity contribution is 6.31. The third kappa shape index (κ3) is 2.96. The van der Waals surface area contributed by atoms with Gasteiger partial charge in [-0.1, -0.05) is 11.6 Å². The lowest BCUT2D eigenvalue weighted by atomic mass is 10.1. The van der Waals surface area contributed by atoms with Crippen molar-refractivity contribution in [3.63, 3.8) is 0 Å². The average Bonchev–Trinajstić information content (AvgIpc) is 2.85. The Morgan fingerprint density at radius 1 is 1.12 bits per heavy atom. The van der Waals surface area contributed by atoms with Crippen molar-refractivity contribution in [1.29, 1.82) is 0 Å². The van der Waals surface area contributed by atoms with Crippen LogP contribution in [0.4, 0.5) is 5.69 Å². The van der Waals surface area contributed by atoms with Gasteiger partial charge in [0.1, 0.15) is 5.75 Å². The quantitative estimate of drug-likeness (QED) is 0.851. The zero-order valence-electron chi connectivity index (χ0n) is 13.6. The molecule has 0 aromatic heterocycles. The molecular weight excluding hydrogens is 344 g/mol. The molecule has 1 N–H and O–H groups in total. The van der Waals surface area contributed by atoms with E-state index >= 15 is 0 Å². The van der Waals surface area contributed by atoms with Gasteiger partial charge in [-0.2, -0.15) is 0 Å². The Balaban J connectivity index is 1.91. The predicted molar refractivity (Wildman–Crippen MR) is 93.4 cm³/mol. The maximum Gasteiger partial charge on any atom is 0.261 e. The van der Waals surface area contributed by atoms with Gasteiger partial charge in [-0.15, -0.1) is 0 Å². The standard InChI is InChI=1S/C18H15ClN2O4/c1-3-21-17(23)12-6-4-10(8-13(12)18(21)24)16(22)20-14-9-11(19)5-7-15(14)25-2/h4-9H,3H2,1-2H3,(H,20,22). The van der Waals surface area contributed by atoms with Crippen molar-refractivity contribution in [2.24, 2.45) is 0 Å². The number of carbonyl (C=O) groups is 3. The second-order valence-corrected chi connectivity index (χ2v) is 5.85. The van der Waals surface area contributed by atoms with E-state index in [2.05, 4.69) is 5.32 Å². The topological polar surface area (TPSA) is 75.7 Å². The molecule has 1 aliphatic rings. The van der Waals surface area contributed by atoms with Crippen LogP contribution in [0.3, 0.4) is 0 Å². The number of fused-ring (bicyclic) bond motifs is 1. The molecule has 7 heteroatoms. The van der Waals surface area contributed by atoms with Crippen LogP contribution in [0.1, 0.15) is 38.0 Å². The molecule has 25 heavy (non-hydrogen) atoms. The molecule has 6 nitrogen and oxygen atoms in total. The van der Waals surface area contributed by atoms with Crippen molar-refractivity contribution in [2.75, 3.05) is 19.0 Å². The van der Waals surface area contributed by atoms with E-state index in [1.807, 2.05) is 0 Å². The number of hydrogen-bond donors (Lipinski definition) is 1. The maximum absolute atomic E-state index is 12.5. The molecule has 0 atom stereocenters. The molecular formula is C18H15ClN2O4. The molecule has 3 amide bonds. The number of benzene rings is 2. The molecule has 0 bridgehead atoms. The van der Waals surface area contributed by atoms with E-state index in [1.165, 1.54) is 25.3 Å². The second kappa shape index (κ2) is 6.57. The van der Waals surface area contributed by atoms with Crippen molar-refractivity contribution >= 4 is 35.0 Å².